The topological polar surface area (TPSA) is 60.7 Å². The minimum atomic E-state index is -0.222. The van der Waals surface area contributed by atoms with Crippen LogP contribution in [0.25, 0.3) is 6.08 Å². The molecule has 0 aliphatic carbocycles. The van der Waals surface area contributed by atoms with E-state index in [9.17, 15) is 4.79 Å². The van der Waals surface area contributed by atoms with Crippen molar-refractivity contribution in [2.75, 3.05) is 6.79 Å². The van der Waals surface area contributed by atoms with Crippen LogP contribution in [0.1, 0.15) is 30.0 Å². The van der Waals surface area contributed by atoms with Gasteiger partial charge in [0, 0.05) is 6.08 Å². The van der Waals surface area contributed by atoms with Crippen LogP contribution in [-0.4, -0.2) is 12.7 Å². The van der Waals surface area contributed by atoms with E-state index in [1.165, 1.54) is 6.08 Å². The van der Waals surface area contributed by atoms with E-state index in [0.29, 0.717) is 16.5 Å². The molecule has 1 aromatic heterocycles. The molecule has 5 nitrogen and oxygen atoms in total. The van der Waals surface area contributed by atoms with Gasteiger partial charge in [-0.1, -0.05) is 11.6 Å². The maximum absolute atomic E-state index is 12.0. The van der Waals surface area contributed by atoms with E-state index in [2.05, 4.69) is 5.32 Å². The van der Waals surface area contributed by atoms with Crippen LogP contribution in [0.5, 0.6) is 11.5 Å². The molecule has 23 heavy (non-hydrogen) atoms. The summed E-state index contributed by atoms with van der Waals surface area (Å²) in [4.78, 5) is 12.0. The van der Waals surface area contributed by atoms with Gasteiger partial charge < -0.3 is 19.2 Å². The number of aryl methyl sites for hydroxylation is 1. The fourth-order valence-electron chi connectivity index (χ4n) is 2.27. The first-order valence-electron chi connectivity index (χ1n) is 7.17. The van der Waals surface area contributed by atoms with Crippen molar-refractivity contribution in [3.63, 3.8) is 0 Å². The number of carbonyl (C=O) groups is 1. The van der Waals surface area contributed by atoms with Crippen LogP contribution in [0.15, 0.2) is 34.8 Å². The fraction of sp³-hybridized carbons (Fsp3) is 0.235. The Morgan fingerprint density at radius 1 is 1.35 bits per heavy atom. The van der Waals surface area contributed by atoms with Crippen molar-refractivity contribution in [1.82, 2.24) is 5.32 Å². The second kappa shape index (κ2) is 6.38. The predicted molar refractivity (Wildman–Crippen MR) is 86.6 cm³/mol. The number of rotatable bonds is 4. The van der Waals surface area contributed by atoms with Gasteiger partial charge in [-0.15, -0.1) is 0 Å². The Morgan fingerprint density at radius 2 is 2.17 bits per heavy atom. The van der Waals surface area contributed by atoms with Gasteiger partial charge in [0.05, 0.1) is 11.1 Å². The third kappa shape index (κ3) is 3.51. The monoisotopic (exact) mass is 333 g/mol. The first-order valence-corrected chi connectivity index (χ1v) is 7.55. The van der Waals surface area contributed by atoms with Crippen LogP contribution in [0, 0.1) is 6.92 Å². The number of ether oxygens (including phenoxy) is 2. The number of fused-ring (bicyclic) bond motifs is 1. The summed E-state index contributed by atoms with van der Waals surface area (Å²) in [5, 5.41) is 3.30. The van der Waals surface area contributed by atoms with Crippen molar-refractivity contribution in [2.45, 2.75) is 19.9 Å². The van der Waals surface area contributed by atoms with Gasteiger partial charge in [0.1, 0.15) is 11.5 Å². The fourth-order valence-corrected chi connectivity index (χ4v) is 2.55. The third-order valence-corrected chi connectivity index (χ3v) is 3.70. The highest BCUT2D eigenvalue weighted by Gasteiger charge is 2.17. The molecule has 6 heteroatoms. The van der Waals surface area contributed by atoms with Crippen molar-refractivity contribution in [3.05, 3.63) is 52.4 Å². The SMILES string of the molecule is Cc1ccc(C(C)NC(=O)/C=C/c2cc(Cl)c3c(c2)OCO3)o1. The highest BCUT2D eigenvalue weighted by molar-refractivity contribution is 6.32. The molecule has 0 radical (unpaired) electrons. The van der Waals surface area contributed by atoms with Gasteiger partial charge in [0.25, 0.3) is 0 Å². The molecule has 2 aromatic rings. The number of halogens is 1. The van der Waals surface area contributed by atoms with E-state index in [4.69, 9.17) is 25.5 Å². The Hall–Kier alpha value is -2.40. The number of benzene rings is 1. The van der Waals surface area contributed by atoms with Crippen LogP contribution in [-0.2, 0) is 4.79 Å². The normalized spacial score (nSPS) is 14.2. The second-order valence-electron chi connectivity index (χ2n) is 5.25. The van der Waals surface area contributed by atoms with Crippen molar-refractivity contribution >= 4 is 23.6 Å². The molecule has 0 saturated carbocycles. The lowest BCUT2D eigenvalue weighted by atomic mass is 10.2. The molecule has 1 aliphatic rings. The zero-order valence-electron chi connectivity index (χ0n) is 12.8. The highest BCUT2D eigenvalue weighted by atomic mass is 35.5. The summed E-state index contributed by atoms with van der Waals surface area (Å²) < 4.78 is 16.0. The van der Waals surface area contributed by atoms with E-state index < -0.39 is 0 Å². The number of furan rings is 1. The summed E-state index contributed by atoms with van der Waals surface area (Å²) in [5.74, 6) is 2.43. The van der Waals surface area contributed by atoms with Gasteiger partial charge in [-0.2, -0.15) is 0 Å². The van der Waals surface area contributed by atoms with Gasteiger partial charge in [-0.25, -0.2) is 0 Å². The highest BCUT2D eigenvalue weighted by Crippen LogP contribution is 2.40. The maximum Gasteiger partial charge on any atom is 0.244 e. The van der Waals surface area contributed by atoms with Crippen LogP contribution in [0.4, 0.5) is 0 Å². The van der Waals surface area contributed by atoms with Crippen molar-refractivity contribution < 1.29 is 18.7 Å². The molecular weight excluding hydrogens is 318 g/mol. The molecule has 3 rings (SSSR count). The molecular formula is C17H16ClNO4. The molecule has 0 bridgehead atoms. The maximum atomic E-state index is 12.0. The lowest BCUT2D eigenvalue weighted by Crippen LogP contribution is -2.24. The quantitative estimate of drug-likeness (QED) is 0.863. The van der Waals surface area contributed by atoms with Gasteiger partial charge >= 0.3 is 0 Å². The Kier molecular flexibility index (Phi) is 4.30. The van der Waals surface area contributed by atoms with Crippen molar-refractivity contribution in [2.24, 2.45) is 0 Å². The average molecular weight is 334 g/mol. The first kappa shape index (κ1) is 15.5. The lowest BCUT2D eigenvalue weighted by Gasteiger charge is -2.09. The zero-order chi connectivity index (χ0) is 16.4. The summed E-state index contributed by atoms with van der Waals surface area (Å²) in [5.41, 5.74) is 0.760. The largest absolute Gasteiger partial charge is 0.464 e. The minimum Gasteiger partial charge on any atom is -0.464 e. The van der Waals surface area contributed by atoms with Gasteiger partial charge in [-0.05, 0) is 49.8 Å². The van der Waals surface area contributed by atoms with E-state index >= 15 is 0 Å². The average Bonchev–Trinajstić information content (AvgIpc) is 3.14. The van der Waals surface area contributed by atoms with E-state index in [1.807, 2.05) is 26.0 Å². The zero-order valence-corrected chi connectivity index (χ0v) is 13.5. The van der Waals surface area contributed by atoms with Crippen molar-refractivity contribution in [3.8, 4) is 11.5 Å². The number of nitrogens with one attached hydrogen (secondary N) is 1. The molecule has 0 spiro atoms. The number of carbonyl (C=O) groups excluding carboxylic acids is 1. The predicted octanol–water partition coefficient (Wildman–Crippen LogP) is 3.86. The Balaban J connectivity index is 1.66. The Bertz CT molecular complexity index is 766. The smallest absolute Gasteiger partial charge is 0.244 e. The van der Waals surface area contributed by atoms with E-state index in [1.54, 1.807) is 18.2 Å². The summed E-state index contributed by atoms with van der Waals surface area (Å²) >= 11 is 6.10. The first-order chi connectivity index (χ1) is 11.0. The molecule has 2 heterocycles. The van der Waals surface area contributed by atoms with Crippen molar-refractivity contribution in [1.29, 1.82) is 0 Å². The summed E-state index contributed by atoms with van der Waals surface area (Å²) in [6.45, 7) is 3.88. The van der Waals surface area contributed by atoms with Crippen LogP contribution in [0.3, 0.4) is 0 Å². The van der Waals surface area contributed by atoms with Gasteiger partial charge in [-0.3, -0.25) is 4.79 Å². The Labute approximate surface area is 138 Å². The molecule has 120 valence electrons. The van der Waals surface area contributed by atoms with E-state index in [0.717, 1.165) is 17.1 Å². The van der Waals surface area contributed by atoms with Gasteiger partial charge in [0.15, 0.2) is 11.5 Å². The third-order valence-electron chi connectivity index (χ3n) is 3.42. The van der Waals surface area contributed by atoms with Crippen LogP contribution < -0.4 is 14.8 Å². The van der Waals surface area contributed by atoms with E-state index in [-0.39, 0.29) is 18.7 Å². The second-order valence-corrected chi connectivity index (χ2v) is 5.66. The lowest BCUT2D eigenvalue weighted by molar-refractivity contribution is -0.117. The Morgan fingerprint density at radius 3 is 2.91 bits per heavy atom. The number of hydrogen-bond donors (Lipinski definition) is 1. The summed E-state index contributed by atoms with van der Waals surface area (Å²) in [6, 6.07) is 7.00. The molecule has 1 unspecified atom stereocenters. The number of hydrogen-bond acceptors (Lipinski definition) is 4. The molecule has 0 fully saturated rings. The standard InChI is InChI=1S/C17H16ClNO4/c1-10-3-5-14(23-10)11(2)19-16(20)6-4-12-7-13(18)17-15(8-12)21-9-22-17/h3-8,11H,9H2,1-2H3,(H,19,20)/b6-4+. The minimum absolute atomic E-state index is 0.156. The molecule has 1 aromatic carbocycles. The number of amides is 1. The van der Waals surface area contributed by atoms with Gasteiger partial charge in [0.2, 0.25) is 12.7 Å². The molecule has 1 N–H and O–H groups in total. The molecule has 1 amide bonds. The summed E-state index contributed by atoms with van der Waals surface area (Å²) in [7, 11) is 0. The summed E-state index contributed by atoms with van der Waals surface area (Å²) in [6.07, 6.45) is 3.11. The molecule has 0 saturated heterocycles. The van der Waals surface area contributed by atoms with Crippen LogP contribution >= 0.6 is 11.6 Å². The molecule has 1 atom stereocenters. The molecule has 1 aliphatic heterocycles. The van der Waals surface area contributed by atoms with Crippen LogP contribution in [0.2, 0.25) is 5.02 Å².